The van der Waals surface area contributed by atoms with Crippen LogP contribution in [0.5, 0.6) is 11.5 Å². The highest BCUT2D eigenvalue weighted by Crippen LogP contribution is 2.31. The van der Waals surface area contributed by atoms with Gasteiger partial charge in [-0.15, -0.1) is 10.2 Å². The molecule has 5 rings (SSSR count). The van der Waals surface area contributed by atoms with Crippen molar-refractivity contribution >= 4 is 5.65 Å². The van der Waals surface area contributed by atoms with Crippen LogP contribution in [0.4, 0.5) is 8.78 Å². The molecule has 0 unspecified atom stereocenters. The van der Waals surface area contributed by atoms with Crippen molar-refractivity contribution in [1.82, 2.24) is 24.8 Å². The molecule has 0 radical (unpaired) electrons. The van der Waals surface area contributed by atoms with Crippen molar-refractivity contribution in [2.45, 2.75) is 12.8 Å². The van der Waals surface area contributed by atoms with Gasteiger partial charge in [-0.25, -0.2) is 18.3 Å². The summed E-state index contributed by atoms with van der Waals surface area (Å²) in [6.07, 6.45) is -0.955. The van der Waals surface area contributed by atoms with Crippen LogP contribution in [0.1, 0.15) is 23.6 Å². The van der Waals surface area contributed by atoms with Gasteiger partial charge >= 0.3 is 0 Å². The number of nitrogens with zero attached hydrogens (tertiary/aromatic N) is 5. The maximum absolute atomic E-state index is 13.9. The van der Waals surface area contributed by atoms with Gasteiger partial charge in [0.2, 0.25) is 5.89 Å². The maximum atomic E-state index is 13.9. The SMILES string of the molecule is COc1ccc(Cc2nnc(-c3cnn4c(C(F)F)cc(-c5ccc(OC)cc5)nc34)o2)cc1. The van der Waals surface area contributed by atoms with E-state index < -0.39 is 6.43 Å². The maximum Gasteiger partial charge on any atom is 0.280 e. The fourth-order valence-corrected chi connectivity index (χ4v) is 3.55. The zero-order chi connectivity index (χ0) is 23.7. The van der Waals surface area contributed by atoms with Gasteiger partial charge < -0.3 is 13.9 Å². The Morgan fingerprint density at radius 1 is 0.941 bits per heavy atom. The second-order valence-corrected chi connectivity index (χ2v) is 7.41. The second-order valence-electron chi connectivity index (χ2n) is 7.41. The summed E-state index contributed by atoms with van der Waals surface area (Å²) in [5, 5.41) is 12.3. The highest BCUT2D eigenvalue weighted by atomic mass is 19.3. The van der Waals surface area contributed by atoms with Crippen LogP contribution in [-0.4, -0.2) is 39.0 Å². The first kappa shape index (κ1) is 21.5. The highest BCUT2D eigenvalue weighted by Gasteiger charge is 2.22. The monoisotopic (exact) mass is 463 g/mol. The van der Waals surface area contributed by atoms with Crippen molar-refractivity contribution in [3.63, 3.8) is 0 Å². The fourth-order valence-electron chi connectivity index (χ4n) is 3.55. The van der Waals surface area contributed by atoms with Crippen LogP contribution in [0.2, 0.25) is 0 Å². The van der Waals surface area contributed by atoms with E-state index in [1.807, 2.05) is 24.3 Å². The summed E-state index contributed by atoms with van der Waals surface area (Å²) in [6.45, 7) is 0. The van der Waals surface area contributed by atoms with Crippen LogP contribution in [0, 0.1) is 0 Å². The average molecular weight is 463 g/mol. The number of aromatic nitrogens is 5. The molecule has 0 saturated carbocycles. The molecule has 0 fully saturated rings. The number of methoxy groups -OCH3 is 2. The van der Waals surface area contributed by atoms with Gasteiger partial charge in [0.15, 0.2) is 5.65 Å². The minimum Gasteiger partial charge on any atom is -0.497 e. The topological polar surface area (TPSA) is 87.6 Å². The van der Waals surface area contributed by atoms with Crippen molar-refractivity contribution in [1.29, 1.82) is 0 Å². The number of hydrogen-bond donors (Lipinski definition) is 0. The van der Waals surface area contributed by atoms with Crippen molar-refractivity contribution in [3.8, 4) is 34.2 Å². The van der Waals surface area contributed by atoms with Crippen LogP contribution in [0.15, 0.2) is 65.2 Å². The van der Waals surface area contributed by atoms with Crippen LogP contribution < -0.4 is 9.47 Å². The van der Waals surface area contributed by atoms with Crippen LogP contribution >= 0.6 is 0 Å². The van der Waals surface area contributed by atoms with Crippen LogP contribution in [0.25, 0.3) is 28.4 Å². The van der Waals surface area contributed by atoms with Crippen molar-refractivity contribution < 1.29 is 22.7 Å². The highest BCUT2D eigenvalue weighted by molar-refractivity contribution is 5.74. The largest absolute Gasteiger partial charge is 0.497 e. The van der Waals surface area contributed by atoms with E-state index in [1.165, 1.54) is 12.3 Å². The number of fused-ring (bicyclic) bond motifs is 1. The summed E-state index contributed by atoms with van der Waals surface area (Å²) in [5.41, 5.74) is 2.25. The lowest BCUT2D eigenvalue weighted by Crippen LogP contribution is -2.02. The molecule has 0 saturated heterocycles. The number of benzene rings is 2. The summed E-state index contributed by atoms with van der Waals surface area (Å²) < 4.78 is 45.0. The summed E-state index contributed by atoms with van der Waals surface area (Å²) in [7, 11) is 3.16. The molecule has 0 spiro atoms. The number of ether oxygens (including phenoxy) is 2. The van der Waals surface area contributed by atoms with Gasteiger partial charge in [0.25, 0.3) is 12.3 Å². The van der Waals surface area contributed by atoms with E-state index in [9.17, 15) is 8.78 Å². The van der Waals surface area contributed by atoms with E-state index in [-0.39, 0.29) is 17.2 Å². The van der Waals surface area contributed by atoms with Gasteiger partial charge in [-0.3, -0.25) is 0 Å². The van der Waals surface area contributed by atoms with Crippen LogP contribution in [-0.2, 0) is 6.42 Å². The molecule has 5 aromatic rings. The summed E-state index contributed by atoms with van der Waals surface area (Å²) >= 11 is 0. The summed E-state index contributed by atoms with van der Waals surface area (Å²) in [4.78, 5) is 4.58. The molecule has 172 valence electrons. The van der Waals surface area contributed by atoms with Crippen molar-refractivity contribution in [3.05, 3.63) is 77.9 Å². The van der Waals surface area contributed by atoms with Crippen molar-refractivity contribution in [2.24, 2.45) is 0 Å². The predicted octanol–water partition coefficient (Wildman–Crippen LogP) is 4.99. The molecule has 0 amide bonds. The predicted molar refractivity (Wildman–Crippen MR) is 119 cm³/mol. The molecule has 8 nitrogen and oxygen atoms in total. The Kier molecular flexibility index (Phi) is 5.62. The Bertz CT molecular complexity index is 1430. The average Bonchev–Trinajstić information content (AvgIpc) is 3.50. The van der Waals surface area contributed by atoms with Gasteiger partial charge in [-0.05, 0) is 48.0 Å². The van der Waals surface area contributed by atoms with E-state index in [2.05, 4.69) is 20.3 Å². The fraction of sp³-hybridized carbons (Fsp3) is 0.167. The first-order valence-electron chi connectivity index (χ1n) is 10.3. The normalized spacial score (nSPS) is 11.3. The number of halogens is 2. The molecule has 0 N–H and O–H groups in total. The zero-order valence-electron chi connectivity index (χ0n) is 18.3. The molecule has 0 aliphatic heterocycles. The lowest BCUT2D eigenvalue weighted by Gasteiger charge is -2.08. The molecular weight excluding hydrogens is 444 g/mol. The molecule has 34 heavy (non-hydrogen) atoms. The summed E-state index contributed by atoms with van der Waals surface area (Å²) in [5.74, 6) is 1.92. The zero-order valence-corrected chi connectivity index (χ0v) is 18.3. The first-order valence-corrected chi connectivity index (χ1v) is 10.3. The van der Waals surface area contributed by atoms with E-state index >= 15 is 0 Å². The summed E-state index contributed by atoms with van der Waals surface area (Å²) in [6, 6.07) is 15.8. The molecule has 3 heterocycles. The van der Waals surface area contributed by atoms with Gasteiger partial charge in [0, 0.05) is 5.56 Å². The Morgan fingerprint density at radius 3 is 2.26 bits per heavy atom. The van der Waals surface area contributed by atoms with E-state index in [0.717, 1.165) is 15.8 Å². The number of alkyl halides is 2. The lowest BCUT2D eigenvalue weighted by molar-refractivity contribution is 0.143. The Hall–Kier alpha value is -4.34. The number of rotatable bonds is 7. The van der Waals surface area contributed by atoms with Gasteiger partial charge in [0.1, 0.15) is 22.8 Å². The van der Waals surface area contributed by atoms with Gasteiger partial charge in [0.05, 0.1) is 32.5 Å². The number of hydrogen-bond acceptors (Lipinski definition) is 7. The molecule has 3 aromatic heterocycles. The Labute approximate surface area is 192 Å². The van der Waals surface area contributed by atoms with Crippen molar-refractivity contribution in [2.75, 3.05) is 14.2 Å². The minimum atomic E-state index is -2.76. The minimum absolute atomic E-state index is 0.151. The molecule has 10 heteroatoms. The van der Waals surface area contributed by atoms with Crippen LogP contribution in [0.3, 0.4) is 0 Å². The standard InChI is InChI=1S/C24H19F2N5O3/c1-32-16-7-3-14(4-8-16)11-21-29-30-24(34-21)18-13-27-31-20(22(25)26)12-19(28-23(18)31)15-5-9-17(33-2)10-6-15/h3-10,12-13,22H,11H2,1-2H3. The first-order chi connectivity index (χ1) is 16.6. The molecule has 0 bridgehead atoms. The third-order valence-electron chi connectivity index (χ3n) is 5.32. The lowest BCUT2D eigenvalue weighted by atomic mass is 10.1. The molecule has 2 aromatic carbocycles. The molecule has 0 aliphatic carbocycles. The Morgan fingerprint density at radius 2 is 1.62 bits per heavy atom. The van der Waals surface area contributed by atoms with E-state index in [0.29, 0.717) is 34.9 Å². The smallest absolute Gasteiger partial charge is 0.280 e. The van der Waals surface area contributed by atoms with Gasteiger partial charge in [-0.2, -0.15) is 5.10 Å². The van der Waals surface area contributed by atoms with E-state index in [1.54, 1.807) is 38.5 Å². The van der Waals surface area contributed by atoms with Gasteiger partial charge in [-0.1, -0.05) is 12.1 Å². The van der Waals surface area contributed by atoms with E-state index in [4.69, 9.17) is 13.9 Å². The Balaban J connectivity index is 1.53. The molecule has 0 aliphatic rings. The third-order valence-corrected chi connectivity index (χ3v) is 5.32. The quantitative estimate of drug-likeness (QED) is 0.336. The molecule has 0 atom stereocenters. The molecular formula is C24H19F2N5O3. The second kappa shape index (κ2) is 8.89. The third kappa shape index (κ3) is 4.05.